The average Bonchev–Trinajstić information content (AvgIpc) is 3.16. The van der Waals surface area contributed by atoms with Crippen molar-refractivity contribution in [3.63, 3.8) is 0 Å². The van der Waals surface area contributed by atoms with E-state index in [1.165, 1.54) is 0 Å². The number of nitrogens with zero attached hydrogens (tertiary/aromatic N) is 1. The SMILES string of the molecule is Nc1cc2c(cc1/C(=N/O)c1ccc3c(c1)OCO3)OCO2. The summed E-state index contributed by atoms with van der Waals surface area (Å²) in [6.45, 7) is 0.324. The molecule has 0 radical (unpaired) electrons. The smallest absolute Gasteiger partial charge is 0.231 e. The third kappa shape index (κ3) is 1.86. The molecule has 0 spiro atoms. The van der Waals surface area contributed by atoms with Gasteiger partial charge in [0.15, 0.2) is 23.0 Å². The Balaban J connectivity index is 1.80. The van der Waals surface area contributed by atoms with Crippen molar-refractivity contribution in [2.75, 3.05) is 19.3 Å². The Morgan fingerprint density at radius 1 is 0.909 bits per heavy atom. The summed E-state index contributed by atoms with van der Waals surface area (Å²) in [6.07, 6.45) is 0. The van der Waals surface area contributed by atoms with Gasteiger partial charge in [-0.05, 0) is 24.3 Å². The molecular weight excluding hydrogens is 288 g/mol. The summed E-state index contributed by atoms with van der Waals surface area (Å²) in [7, 11) is 0. The summed E-state index contributed by atoms with van der Waals surface area (Å²) in [5, 5.41) is 12.8. The van der Waals surface area contributed by atoms with Gasteiger partial charge in [-0.3, -0.25) is 0 Å². The van der Waals surface area contributed by atoms with Crippen molar-refractivity contribution in [3.05, 3.63) is 41.5 Å². The molecule has 4 rings (SSSR count). The van der Waals surface area contributed by atoms with E-state index in [0.717, 1.165) is 0 Å². The van der Waals surface area contributed by atoms with Crippen LogP contribution in [0.3, 0.4) is 0 Å². The Bertz CT molecular complexity index is 788. The lowest BCUT2D eigenvalue weighted by Gasteiger charge is -2.10. The minimum Gasteiger partial charge on any atom is -0.454 e. The van der Waals surface area contributed by atoms with Crippen LogP contribution in [0, 0.1) is 0 Å². The monoisotopic (exact) mass is 300 g/mol. The van der Waals surface area contributed by atoms with E-state index in [0.29, 0.717) is 45.5 Å². The summed E-state index contributed by atoms with van der Waals surface area (Å²) < 4.78 is 21.2. The quantitative estimate of drug-likeness (QED) is 0.381. The summed E-state index contributed by atoms with van der Waals surface area (Å²) >= 11 is 0. The minimum absolute atomic E-state index is 0.147. The van der Waals surface area contributed by atoms with E-state index in [1.54, 1.807) is 30.3 Å². The van der Waals surface area contributed by atoms with Crippen LogP contribution in [-0.4, -0.2) is 24.5 Å². The van der Waals surface area contributed by atoms with E-state index in [1.807, 2.05) is 0 Å². The van der Waals surface area contributed by atoms with Crippen LogP contribution in [0.2, 0.25) is 0 Å². The summed E-state index contributed by atoms with van der Waals surface area (Å²) in [5.41, 5.74) is 7.97. The van der Waals surface area contributed by atoms with Gasteiger partial charge < -0.3 is 29.9 Å². The van der Waals surface area contributed by atoms with Gasteiger partial charge in [-0.25, -0.2) is 0 Å². The minimum atomic E-state index is 0.147. The lowest BCUT2D eigenvalue weighted by molar-refractivity contribution is 0.173. The normalized spacial score (nSPS) is 15.2. The summed E-state index contributed by atoms with van der Waals surface area (Å²) in [4.78, 5) is 0. The molecule has 0 bridgehead atoms. The Morgan fingerprint density at radius 3 is 2.27 bits per heavy atom. The lowest BCUT2D eigenvalue weighted by atomic mass is 10.00. The van der Waals surface area contributed by atoms with Gasteiger partial charge in [0, 0.05) is 22.9 Å². The molecule has 2 aromatic rings. The molecule has 112 valence electrons. The zero-order chi connectivity index (χ0) is 15.1. The second-order valence-corrected chi connectivity index (χ2v) is 4.81. The maximum Gasteiger partial charge on any atom is 0.231 e. The first-order chi connectivity index (χ1) is 10.8. The average molecular weight is 300 g/mol. The largest absolute Gasteiger partial charge is 0.454 e. The van der Waals surface area contributed by atoms with Gasteiger partial charge >= 0.3 is 0 Å². The van der Waals surface area contributed by atoms with E-state index in [9.17, 15) is 5.21 Å². The van der Waals surface area contributed by atoms with Crippen LogP contribution in [0.15, 0.2) is 35.5 Å². The van der Waals surface area contributed by atoms with Gasteiger partial charge in [-0.2, -0.15) is 0 Å². The van der Waals surface area contributed by atoms with Crippen LogP contribution >= 0.6 is 0 Å². The van der Waals surface area contributed by atoms with Crippen molar-refractivity contribution in [2.45, 2.75) is 0 Å². The number of oxime groups is 1. The molecule has 7 nitrogen and oxygen atoms in total. The van der Waals surface area contributed by atoms with Gasteiger partial charge in [0.05, 0.1) is 0 Å². The standard InChI is InChI=1S/C15H12N2O5/c16-10-5-14-13(21-7-22-14)4-9(10)15(17-18)8-1-2-11-12(3-8)20-6-19-11/h1-5,18H,6-7,16H2/b17-15+. The fourth-order valence-electron chi connectivity index (χ4n) is 2.47. The molecule has 2 aliphatic heterocycles. The van der Waals surface area contributed by atoms with Crippen LogP contribution in [-0.2, 0) is 0 Å². The van der Waals surface area contributed by atoms with Crippen molar-refractivity contribution >= 4 is 11.4 Å². The predicted octanol–water partition coefficient (Wildman–Crippen LogP) is 1.95. The number of fused-ring (bicyclic) bond motifs is 2. The van der Waals surface area contributed by atoms with Crippen molar-refractivity contribution in [1.82, 2.24) is 0 Å². The highest BCUT2D eigenvalue weighted by Crippen LogP contribution is 2.38. The number of nitrogen functional groups attached to an aromatic ring is 1. The van der Waals surface area contributed by atoms with Gasteiger partial charge in [0.2, 0.25) is 13.6 Å². The molecule has 2 aromatic carbocycles. The van der Waals surface area contributed by atoms with Gasteiger partial charge in [-0.1, -0.05) is 5.16 Å². The van der Waals surface area contributed by atoms with Gasteiger partial charge in [0.1, 0.15) is 5.71 Å². The number of benzene rings is 2. The Hall–Kier alpha value is -3.09. The van der Waals surface area contributed by atoms with Gasteiger partial charge in [0.25, 0.3) is 0 Å². The van der Waals surface area contributed by atoms with Crippen molar-refractivity contribution in [3.8, 4) is 23.0 Å². The number of ether oxygens (including phenoxy) is 4. The first-order valence-electron chi connectivity index (χ1n) is 6.58. The third-order valence-corrected chi connectivity index (χ3v) is 3.55. The molecule has 7 heteroatoms. The van der Waals surface area contributed by atoms with E-state index in [2.05, 4.69) is 5.16 Å². The molecule has 0 saturated carbocycles. The molecule has 0 aromatic heterocycles. The van der Waals surface area contributed by atoms with E-state index in [4.69, 9.17) is 24.7 Å². The van der Waals surface area contributed by atoms with E-state index < -0.39 is 0 Å². The molecular formula is C15H12N2O5. The fourth-order valence-corrected chi connectivity index (χ4v) is 2.47. The van der Waals surface area contributed by atoms with Gasteiger partial charge in [-0.15, -0.1) is 0 Å². The number of hydrogen-bond acceptors (Lipinski definition) is 7. The highest BCUT2D eigenvalue weighted by atomic mass is 16.7. The lowest BCUT2D eigenvalue weighted by Crippen LogP contribution is -2.07. The van der Waals surface area contributed by atoms with Crippen molar-refractivity contribution in [2.24, 2.45) is 5.16 Å². The zero-order valence-corrected chi connectivity index (χ0v) is 11.4. The van der Waals surface area contributed by atoms with Crippen molar-refractivity contribution in [1.29, 1.82) is 0 Å². The second kappa shape index (κ2) is 4.73. The molecule has 0 amide bonds. The van der Waals surface area contributed by atoms with E-state index in [-0.39, 0.29) is 13.6 Å². The third-order valence-electron chi connectivity index (χ3n) is 3.55. The Kier molecular flexibility index (Phi) is 2.72. The maximum atomic E-state index is 9.44. The molecule has 3 N–H and O–H groups in total. The van der Waals surface area contributed by atoms with Crippen LogP contribution in [0.4, 0.5) is 5.69 Å². The Morgan fingerprint density at radius 2 is 1.55 bits per heavy atom. The summed E-state index contributed by atoms with van der Waals surface area (Å²) in [5.74, 6) is 2.38. The van der Waals surface area contributed by atoms with Crippen LogP contribution < -0.4 is 24.7 Å². The fraction of sp³-hybridized carbons (Fsp3) is 0.133. The first-order valence-corrected chi connectivity index (χ1v) is 6.58. The molecule has 0 fully saturated rings. The first kappa shape index (κ1) is 12.6. The highest BCUT2D eigenvalue weighted by Gasteiger charge is 2.22. The van der Waals surface area contributed by atoms with Crippen LogP contribution in [0.5, 0.6) is 23.0 Å². The predicted molar refractivity (Wildman–Crippen MR) is 77.0 cm³/mol. The summed E-state index contributed by atoms with van der Waals surface area (Å²) in [6, 6.07) is 8.60. The number of rotatable bonds is 2. The molecule has 0 atom stereocenters. The van der Waals surface area contributed by atoms with E-state index >= 15 is 0 Å². The molecule has 2 aliphatic rings. The highest BCUT2D eigenvalue weighted by molar-refractivity contribution is 6.16. The number of anilines is 1. The second-order valence-electron chi connectivity index (χ2n) is 4.81. The number of nitrogens with two attached hydrogens (primary N) is 1. The van der Waals surface area contributed by atoms with Crippen LogP contribution in [0.1, 0.15) is 11.1 Å². The zero-order valence-electron chi connectivity index (χ0n) is 11.4. The number of hydrogen-bond donors (Lipinski definition) is 2. The molecule has 0 saturated heterocycles. The van der Waals surface area contributed by atoms with Crippen LogP contribution in [0.25, 0.3) is 0 Å². The molecule has 22 heavy (non-hydrogen) atoms. The topological polar surface area (TPSA) is 95.5 Å². The Labute approximate surface area is 125 Å². The maximum absolute atomic E-state index is 9.44. The van der Waals surface area contributed by atoms with Crippen molar-refractivity contribution < 1.29 is 24.2 Å². The molecule has 2 heterocycles. The molecule has 0 aliphatic carbocycles. The molecule has 0 unspecified atom stereocenters.